The van der Waals surface area contributed by atoms with E-state index in [1.165, 1.54) is 13.1 Å². The van der Waals surface area contributed by atoms with Crippen LogP contribution < -0.4 is 4.74 Å². The van der Waals surface area contributed by atoms with E-state index in [-0.39, 0.29) is 6.10 Å². The first-order chi connectivity index (χ1) is 8.58. The van der Waals surface area contributed by atoms with Gasteiger partial charge >= 0.3 is 0 Å². The van der Waals surface area contributed by atoms with Crippen molar-refractivity contribution < 1.29 is 18.3 Å². The van der Waals surface area contributed by atoms with Crippen LogP contribution >= 0.6 is 0 Å². The molecule has 3 atom stereocenters. The molecule has 1 fully saturated rings. The van der Waals surface area contributed by atoms with E-state index in [1.54, 1.807) is 12.1 Å². The summed E-state index contributed by atoms with van der Waals surface area (Å²) in [6, 6.07) is 3.18. The van der Waals surface area contributed by atoms with Crippen LogP contribution in [0.4, 0.5) is 8.78 Å². The average molecular weight is 257 g/mol. The average Bonchev–Trinajstić information content (AvgIpc) is 2.74. The number of hydrogen-bond donors (Lipinski definition) is 0. The summed E-state index contributed by atoms with van der Waals surface area (Å²) in [5.74, 6) is -0.127. The van der Waals surface area contributed by atoms with Crippen LogP contribution in [0.3, 0.4) is 0 Å². The molecule has 1 saturated heterocycles. The molecule has 1 aromatic rings. The molecule has 18 heavy (non-hydrogen) atoms. The van der Waals surface area contributed by atoms with Crippen molar-refractivity contribution in [3.63, 3.8) is 0 Å². The summed E-state index contributed by atoms with van der Waals surface area (Å²) in [4.78, 5) is 4.06. The van der Waals surface area contributed by atoms with E-state index >= 15 is 0 Å². The Kier molecular flexibility index (Phi) is 4.11. The summed E-state index contributed by atoms with van der Waals surface area (Å²) in [6.45, 7) is 4.71. The van der Waals surface area contributed by atoms with Crippen LogP contribution in [0.25, 0.3) is 0 Å². The minimum atomic E-state index is -2.38. The maximum Gasteiger partial charge on any atom is 0.245 e. The number of nitrogens with zero attached hydrogens (tertiary/aromatic N) is 1. The van der Waals surface area contributed by atoms with Crippen LogP contribution in [-0.2, 0) is 4.74 Å². The molecule has 2 unspecified atom stereocenters. The molecular weight excluding hydrogens is 240 g/mol. The first-order valence-electron chi connectivity index (χ1n) is 6.06. The summed E-state index contributed by atoms with van der Waals surface area (Å²) < 4.78 is 36.2. The molecule has 2 rings (SSSR count). The Hall–Kier alpha value is -1.23. The number of rotatable bonds is 4. The van der Waals surface area contributed by atoms with Crippen molar-refractivity contribution in [2.75, 3.05) is 13.2 Å². The van der Waals surface area contributed by atoms with Crippen molar-refractivity contribution in [2.24, 2.45) is 5.92 Å². The molecule has 100 valence electrons. The van der Waals surface area contributed by atoms with Crippen LogP contribution in [0.15, 0.2) is 18.3 Å². The van der Waals surface area contributed by atoms with Crippen molar-refractivity contribution in [3.8, 4) is 5.88 Å². The van der Waals surface area contributed by atoms with Crippen LogP contribution in [0.5, 0.6) is 5.88 Å². The summed E-state index contributed by atoms with van der Waals surface area (Å²) in [6.07, 6.45) is -0.923. The van der Waals surface area contributed by atoms with Crippen molar-refractivity contribution in [3.05, 3.63) is 23.9 Å². The number of alkyl halides is 2. The van der Waals surface area contributed by atoms with E-state index in [0.717, 1.165) is 0 Å². The van der Waals surface area contributed by atoms with Gasteiger partial charge in [0.1, 0.15) is 6.10 Å². The summed E-state index contributed by atoms with van der Waals surface area (Å²) in [5, 5.41) is 0. The fourth-order valence-corrected chi connectivity index (χ4v) is 1.86. The maximum absolute atomic E-state index is 12.6. The lowest BCUT2D eigenvalue weighted by atomic mass is 10.0. The molecule has 0 amide bonds. The number of aromatic nitrogens is 1. The second-order valence-corrected chi connectivity index (χ2v) is 4.72. The van der Waals surface area contributed by atoms with E-state index in [1.807, 2.05) is 6.92 Å². The van der Waals surface area contributed by atoms with Gasteiger partial charge in [-0.05, 0) is 11.6 Å². The predicted octanol–water partition coefficient (Wildman–Crippen LogP) is 2.86. The Balaban J connectivity index is 2.07. The molecule has 1 aliphatic heterocycles. The fraction of sp³-hybridized carbons (Fsp3) is 0.615. The van der Waals surface area contributed by atoms with Gasteiger partial charge in [-0.2, -0.15) is 0 Å². The van der Waals surface area contributed by atoms with Gasteiger partial charge in [-0.3, -0.25) is 0 Å². The quantitative estimate of drug-likeness (QED) is 0.831. The number of pyridine rings is 1. The Morgan fingerprint density at radius 2 is 2.22 bits per heavy atom. The van der Waals surface area contributed by atoms with Crippen LogP contribution in [-0.4, -0.2) is 30.7 Å². The summed E-state index contributed by atoms with van der Waals surface area (Å²) >= 11 is 0. The van der Waals surface area contributed by atoms with Crippen LogP contribution in [0, 0.1) is 5.92 Å². The van der Waals surface area contributed by atoms with Gasteiger partial charge < -0.3 is 9.47 Å². The summed E-state index contributed by atoms with van der Waals surface area (Å²) in [7, 11) is 0. The fourth-order valence-electron chi connectivity index (χ4n) is 1.86. The van der Waals surface area contributed by atoms with Gasteiger partial charge in [-0.15, -0.1) is 0 Å². The SMILES string of the molecule is CC(c1ccnc(OC2COC[C@@H]2C)c1)C(F)F. The number of hydrogen-bond acceptors (Lipinski definition) is 3. The first-order valence-corrected chi connectivity index (χ1v) is 6.06. The molecule has 1 aromatic heterocycles. The smallest absolute Gasteiger partial charge is 0.245 e. The zero-order chi connectivity index (χ0) is 13.1. The van der Waals surface area contributed by atoms with Gasteiger partial charge in [0.05, 0.1) is 13.2 Å². The highest BCUT2D eigenvalue weighted by Crippen LogP contribution is 2.26. The second kappa shape index (κ2) is 5.61. The largest absolute Gasteiger partial charge is 0.472 e. The molecule has 0 spiro atoms. The molecule has 1 aliphatic rings. The first kappa shape index (κ1) is 13.2. The molecule has 0 bridgehead atoms. The molecule has 0 N–H and O–H groups in total. The van der Waals surface area contributed by atoms with Gasteiger partial charge in [-0.25, -0.2) is 13.8 Å². The second-order valence-electron chi connectivity index (χ2n) is 4.72. The minimum absolute atomic E-state index is 0.0467. The molecule has 3 nitrogen and oxygen atoms in total. The monoisotopic (exact) mass is 257 g/mol. The van der Waals surface area contributed by atoms with E-state index < -0.39 is 12.3 Å². The molecule has 2 heterocycles. The minimum Gasteiger partial charge on any atom is -0.472 e. The highest BCUT2D eigenvalue weighted by Gasteiger charge is 2.26. The predicted molar refractivity (Wildman–Crippen MR) is 63.1 cm³/mol. The van der Waals surface area contributed by atoms with Crippen LogP contribution in [0.1, 0.15) is 25.3 Å². The third-order valence-electron chi connectivity index (χ3n) is 3.23. The van der Waals surface area contributed by atoms with Crippen molar-refractivity contribution >= 4 is 0 Å². The van der Waals surface area contributed by atoms with Crippen LogP contribution in [0.2, 0.25) is 0 Å². The standard InChI is InChI=1S/C13H17F2NO2/c1-8-6-17-7-11(8)18-12-5-10(3-4-16-12)9(2)13(14)15/h3-5,8-9,11,13H,6-7H2,1-2H3/t8-,9?,11?/m0/s1. The van der Waals surface area contributed by atoms with E-state index in [9.17, 15) is 8.78 Å². The molecule has 0 radical (unpaired) electrons. The van der Waals surface area contributed by atoms with E-state index in [2.05, 4.69) is 4.98 Å². The molecular formula is C13H17F2NO2. The lowest BCUT2D eigenvalue weighted by Crippen LogP contribution is -2.23. The summed E-state index contributed by atoms with van der Waals surface area (Å²) in [5.41, 5.74) is 0.543. The lowest BCUT2D eigenvalue weighted by Gasteiger charge is -2.17. The van der Waals surface area contributed by atoms with Gasteiger partial charge in [0, 0.05) is 24.1 Å². The molecule has 0 aliphatic carbocycles. The maximum atomic E-state index is 12.6. The van der Waals surface area contributed by atoms with E-state index in [0.29, 0.717) is 30.6 Å². The van der Waals surface area contributed by atoms with Crippen molar-refractivity contribution in [1.82, 2.24) is 4.98 Å². The zero-order valence-electron chi connectivity index (χ0n) is 10.5. The van der Waals surface area contributed by atoms with Gasteiger partial charge in [0.2, 0.25) is 12.3 Å². The normalized spacial score (nSPS) is 25.4. The van der Waals surface area contributed by atoms with Gasteiger partial charge in [0.25, 0.3) is 0 Å². The lowest BCUT2D eigenvalue weighted by molar-refractivity contribution is 0.120. The third-order valence-corrected chi connectivity index (χ3v) is 3.23. The molecule has 0 saturated carbocycles. The highest BCUT2D eigenvalue weighted by molar-refractivity contribution is 5.24. The topological polar surface area (TPSA) is 31.4 Å². The van der Waals surface area contributed by atoms with E-state index in [4.69, 9.17) is 9.47 Å². The van der Waals surface area contributed by atoms with Gasteiger partial charge in [-0.1, -0.05) is 13.8 Å². The van der Waals surface area contributed by atoms with Gasteiger partial charge in [0.15, 0.2) is 0 Å². The Morgan fingerprint density at radius 3 is 2.83 bits per heavy atom. The third kappa shape index (κ3) is 2.96. The Morgan fingerprint density at radius 1 is 1.44 bits per heavy atom. The Bertz CT molecular complexity index is 400. The van der Waals surface area contributed by atoms with Crippen molar-refractivity contribution in [1.29, 1.82) is 0 Å². The zero-order valence-corrected chi connectivity index (χ0v) is 10.5. The molecule has 5 heteroatoms. The van der Waals surface area contributed by atoms with Crippen molar-refractivity contribution in [2.45, 2.75) is 32.3 Å². The number of halogens is 2. The number of ether oxygens (including phenoxy) is 2. The Labute approximate surface area is 105 Å². The highest BCUT2D eigenvalue weighted by atomic mass is 19.3. The molecule has 0 aromatic carbocycles.